The number of hydrogen-bond acceptors (Lipinski definition) is 4. The molecule has 1 unspecified atom stereocenters. The topological polar surface area (TPSA) is 67.9 Å². The van der Waals surface area contributed by atoms with Crippen molar-refractivity contribution >= 4 is 35.2 Å². The van der Waals surface area contributed by atoms with Gasteiger partial charge in [0.15, 0.2) is 0 Å². The number of ether oxygens (including phenoxy) is 2. The summed E-state index contributed by atoms with van der Waals surface area (Å²) in [5.74, 6) is 0.117. The summed E-state index contributed by atoms with van der Waals surface area (Å²) in [6.07, 6.45) is 0.871. The van der Waals surface area contributed by atoms with Crippen molar-refractivity contribution < 1.29 is 19.1 Å². The maximum atomic E-state index is 12.9. The third-order valence-corrected chi connectivity index (χ3v) is 5.77. The van der Waals surface area contributed by atoms with Gasteiger partial charge in [0.1, 0.15) is 12.4 Å². The number of halogens is 2. The molecule has 2 aromatic carbocycles. The van der Waals surface area contributed by atoms with Crippen LogP contribution in [0.3, 0.4) is 0 Å². The first kappa shape index (κ1) is 23.0. The van der Waals surface area contributed by atoms with E-state index in [1.807, 2.05) is 24.3 Å². The SMILES string of the molecule is CCOC(=O)C1=C(COc2cccc(CC)c2)N(C)C(=O)NC1c1ccc(Cl)c(Cl)c1. The van der Waals surface area contributed by atoms with Gasteiger partial charge < -0.3 is 14.8 Å². The van der Waals surface area contributed by atoms with Crippen molar-refractivity contribution in [2.24, 2.45) is 0 Å². The van der Waals surface area contributed by atoms with Gasteiger partial charge in [-0.25, -0.2) is 9.59 Å². The van der Waals surface area contributed by atoms with Crippen LogP contribution in [0, 0.1) is 0 Å². The second kappa shape index (κ2) is 10.1. The highest BCUT2D eigenvalue weighted by molar-refractivity contribution is 6.42. The predicted molar refractivity (Wildman–Crippen MR) is 120 cm³/mol. The van der Waals surface area contributed by atoms with Crippen LogP contribution >= 0.6 is 23.2 Å². The molecule has 1 aliphatic rings. The monoisotopic (exact) mass is 462 g/mol. The quantitative estimate of drug-likeness (QED) is 0.577. The molecule has 1 heterocycles. The summed E-state index contributed by atoms with van der Waals surface area (Å²) < 4.78 is 11.3. The Balaban J connectivity index is 2.03. The summed E-state index contributed by atoms with van der Waals surface area (Å²) >= 11 is 12.2. The van der Waals surface area contributed by atoms with Crippen LogP contribution < -0.4 is 10.1 Å². The summed E-state index contributed by atoms with van der Waals surface area (Å²) in [5, 5.41) is 3.54. The summed E-state index contributed by atoms with van der Waals surface area (Å²) in [6, 6.07) is 11.5. The summed E-state index contributed by atoms with van der Waals surface area (Å²) in [6.45, 7) is 4.00. The molecule has 2 amide bonds. The zero-order chi connectivity index (χ0) is 22.5. The minimum atomic E-state index is -0.752. The smallest absolute Gasteiger partial charge is 0.338 e. The van der Waals surface area contributed by atoms with Gasteiger partial charge >= 0.3 is 12.0 Å². The van der Waals surface area contributed by atoms with E-state index in [1.165, 1.54) is 4.90 Å². The second-order valence-corrected chi connectivity index (χ2v) is 7.80. The zero-order valence-electron chi connectivity index (χ0n) is 17.6. The molecule has 31 heavy (non-hydrogen) atoms. The highest BCUT2D eigenvalue weighted by Gasteiger charge is 2.37. The maximum Gasteiger partial charge on any atom is 0.338 e. The fourth-order valence-corrected chi connectivity index (χ4v) is 3.64. The van der Waals surface area contributed by atoms with Crippen LogP contribution in [0.2, 0.25) is 10.0 Å². The molecular formula is C23H24Cl2N2O4. The van der Waals surface area contributed by atoms with Crippen LogP contribution in [0.5, 0.6) is 5.75 Å². The lowest BCUT2D eigenvalue weighted by Crippen LogP contribution is -2.48. The van der Waals surface area contributed by atoms with E-state index >= 15 is 0 Å². The first-order chi connectivity index (χ1) is 14.8. The molecule has 1 atom stereocenters. The zero-order valence-corrected chi connectivity index (χ0v) is 19.1. The molecular weight excluding hydrogens is 439 g/mol. The van der Waals surface area contributed by atoms with Crippen molar-refractivity contribution in [3.8, 4) is 5.75 Å². The molecule has 0 aromatic heterocycles. The van der Waals surface area contributed by atoms with E-state index in [1.54, 1.807) is 32.2 Å². The van der Waals surface area contributed by atoms with Crippen molar-refractivity contribution in [1.29, 1.82) is 0 Å². The number of carbonyl (C=O) groups is 2. The van der Waals surface area contributed by atoms with E-state index in [4.69, 9.17) is 32.7 Å². The minimum Gasteiger partial charge on any atom is -0.487 e. The molecule has 0 fully saturated rings. The number of esters is 1. The van der Waals surface area contributed by atoms with Gasteiger partial charge in [0, 0.05) is 7.05 Å². The van der Waals surface area contributed by atoms with Gasteiger partial charge in [-0.1, -0.05) is 48.3 Å². The number of aryl methyl sites for hydroxylation is 1. The highest BCUT2D eigenvalue weighted by atomic mass is 35.5. The van der Waals surface area contributed by atoms with Crippen LogP contribution in [-0.2, 0) is 16.0 Å². The van der Waals surface area contributed by atoms with Crippen molar-refractivity contribution in [2.45, 2.75) is 26.3 Å². The van der Waals surface area contributed by atoms with Gasteiger partial charge in [-0.15, -0.1) is 0 Å². The Hall–Kier alpha value is -2.70. The van der Waals surface area contributed by atoms with Crippen LogP contribution in [0.1, 0.15) is 31.0 Å². The number of benzene rings is 2. The van der Waals surface area contributed by atoms with Crippen molar-refractivity contribution in [3.63, 3.8) is 0 Å². The van der Waals surface area contributed by atoms with Crippen molar-refractivity contribution in [2.75, 3.05) is 20.3 Å². The first-order valence-electron chi connectivity index (χ1n) is 9.96. The second-order valence-electron chi connectivity index (χ2n) is 6.99. The van der Waals surface area contributed by atoms with Crippen LogP contribution in [-0.4, -0.2) is 37.2 Å². The Kier molecular flexibility index (Phi) is 7.46. The lowest BCUT2D eigenvalue weighted by Gasteiger charge is -2.34. The molecule has 0 radical (unpaired) electrons. The van der Waals surface area contributed by atoms with E-state index in [0.717, 1.165) is 12.0 Å². The molecule has 0 spiro atoms. The lowest BCUT2D eigenvalue weighted by atomic mass is 9.94. The average Bonchev–Trinajstić information content (AvgIpc) is 2.76. The van der Waals surface area contributed by atoms with E-state index in [-0.39, 0.29) is 24.8 Å². The minimum absolute atomic E-state index is 0.0169. The standard InChI is InChI=1S/C23H24Cl2N2O4/c1-4-14-7-6-8-16(11-14)31-13-19-20(22(28)30-5-2)21(26-23(29)27(19)3)15-9-10-17(24)18(25)12-15/h6-12,21H,4-5,13H2,1-3H3,(H,26,29). The summed E-state index contributed by atoms with van der Waals surface area (Å²) in [7, 11) is 1.58. The summed E-state index contributed by atoms with van der Waals surface area (Å²) in [5.41, 5.74) is 2.44. The largest absolute Gasteiger partial charge is 0.487 e. The Morgan fingerprint density at radius 1 is 1.13 bits per heavy atom. The maximum absolute atomic E-state index is 12.9. The van der Waals surface area contributed by atoms with E-state index in [2.05, 4.69) is 12.2 Å². The van der Waals surface area contributed by atoms with Crippen molar-refractivity contribution in [1.82, 2.24) is 10.2 Å². The van der Waals surface area contributed by atoms with E-state index in [0.29, 0.717) is 27.1 Å². The molecule has 0 aliphatic carbocycles. The van der Waals surface area contributed by atoms with Crippen molar-refractivity contribution in [3.05, 3.63) is 74.9 Å². The fraction of sp³-hybridized carbons (Fsp3) is 0.304. The predicted octanol–water partition coefficient (Wildman–Crippen LogP) is 5.15. The molecule has 6 nitrogen and oxygen atoms in total. The number of rotatable bonds is 7. The average molecular weight is 463 g/mol. The van der Waals surface area contributed by atoms with E-state index < -0.39 is 12.0 Å². The summed E-state index contributed by atoms with van der Waals surface area (Å²) in [4.78, 5) is 27.0. The molecule has 164 valence electrons. The lowest BCUT2D eigenvalue weighted by molar-refractivity contribution is -0.139. The Morgan fingerprint density at radius 2 is 1.90 bits per heavy atom. The van der Waals surface area contributed by atoms with Crippen LogP contribution in [0.15, 0.2) is 53.7 Å². The molecule has 0 saturated carbocycles. The molecule has 2 aromatic rings. The molecule has 8 heteroatoms. The molecule has 3 rings (SSSR count). The highest BCUT2D eigenvalue weighted by Crippen LogP contribution is 2.34. The normalized spacial score (nSPS) is 16.2. The molecule has 1 aliphatic heterocycles. The number of nitrogens with one attached hydrogen (secondary N) is 1. The number of carbonyl (C=O) groups excluding carboxylic acids is 2. The number of hydrogen-bond donors (Lipinski definition) is 1. The number of urea groups is 1. The Morgan fingerprint density at radius 3 is 2.58 bits per heavy atom. The molecule has 0 bridgehead atoms. The number of nitrogens with zero attached hydrogens (tertiary/aromatic N) is 1. The number of likely N-dealkylation sites (N-methyl/N-ethyl adjacent to an activating group) is 1. The Labute approximate surface area is 191 Å². The van der Waals surface area contributed by atoms with Crippen LogP contribution in [0.25, 0.3) is 0 Å². The van der Waals surface area contributed by atoms with Crippen LogP contribution in [0.4, 0.5) is 4.79 Å². The molecule has 1 N–H and O–H groups in total. The van der Waals surface area contributed by atoms with Gasteiger partial charge in [0.2, 0.25) is 0 Å². The molecule has 0 saturated heterocycles. The van der Waals surface area contributed by atoms with Gasteiger partial charge in [-0.3, -0.25) is 4.90 Å². The third-order valence-electron chi connectivity index (χ3n) is 5.03. The van der Waals surface area contributed by atoms with E-state index in [9.17, 15) is 9.59 Å². The first-order valence-corrected chi connectivity index (χ1v) is 10.7. The van der Waals surface area contributed by atoms with Gasteiger partial charge in [-0.2, -0.15) is 0 Å². The number of amides is 2. The van der Waals surface area contributed by atoms with Gasteiger partial charge in [0.05, 0.1) is 34.0 Å². The third kappa shape index (κ3) is 5.14. The van der Waals surface area contributed by atoms with Gasteiger partial charge in [0.25, 0.3) is 0 Å². The fourth-order valence-electron chi connectivity index (χ4n) is 3.33. The van der Waals surface area contributed by atoms with Gasteiger partial charge in [-0.05, 0) is 48.7 Å². The Bertz CT molecular complexity index is 1020.